The Kier molecular flexibility index (Phi) is 14.0. The van der Waals surface area contributed by atoms with Crippen LogP contribution in [0.15, 0.2) is 88.1 Å². The molecule has 0 fully saturated rings. The molecule has 1 aromatic heterocycles. The number of Topliss-reactive ketones (excluding diaryl/α,β-unsaturated/α-hetero) is 1. The number of aromatic hydroxyl groups is 1. The normalized spacial score (nSPS) is 14.9. The molecule has 2 unspecified atom stereocenters. The number of phenolic OH excluding ortho intramolecular Hbond substituents is 1. The van der Waals surface area contributed by atoms with E-state index in [9.17, 15) is 53.6 Å². The van der Waals surface area contributed by atoms with Gasteiger partial charge < -0.3 is 51.2 Å². The van der Waals surface area contributed by atoms with Crippen LogP contribution >= 0.6 is 7.60 Å². The second-order valence-electron chi connectivity index (χ2n) is 13.1. The number of carbonyl (C=O) groups excluding carboxylic acids is 4. The summed E-state index contributed by atoms with van der Waals surface area (Å²) in [6.45, 7) is 2.54. The van der Waals surface area contributed by atoms with Crippen molar-refractivity contribution in [3.8, 4) is 5.75 Å². The van der Waals surface area contributed by atoms with Gasteiger partial charge in [0.05, 0.1) is 30.3 Å². The molecule has 288 valence electrons. The SMILES string of the molecule is CC(O)[C@H](CC(=O)[C@@H](NC(=O)[C@@H](N)Cc1ccccc1)C(C)O)C(=O)N[C@@H](Cc1ccc(O)cc1)C(=O)Nc1ccc2c(CP(=O)(O)O)cc(=O)oc2c1. The first kappa shape index (κ1) is 41.5. The van der Waals surface area contributed by atoms with E-state index in [1.165, 1.54) is 56.3 Å². The molecule has 3 amide bonds. The number of rotatable bonds is 17. The predicted molar refractivity (Wildman–Crippen MR) is 197 cm³/mol. The van der Waals surface area contributed by atoms with Crippen molar-refractivity contribution in [3.63, 3.8) is 0 Å². The van der Waals surface area contributed by atoms with Gasteiger partial charge in [0.15, 0.2) is 5.78 Å². The van der Waals surface area contributed by atoms with Crippen molar-refractivity contribution in [2.24, 2.45) is 11.7 Å². The number of benzene rings is 3. The van der Waals surface area contributed by atoms with E-state index in [-0.39, 0.29) is 40.8 Å². The van der Waals surface area contributed by atoms with Gasteiger partial charge in [-0.1, -0.05) is 42.5 Å². The zero-order valence-corrected chi connectivity index (χ0v) is 30.3. The summed E-state index contributed by atoms with van der Waals surface area (Å²) in [5.41, 5.74) is 6.52. The summed E-state index contributed by atoms with van der Waals surface area (Å²) < 4.78 is 16.8. The van der Waals surface area contributed by atoms with Crippen LogP contribution in [0.4, 0.5) is 5.69 Å². The van der Waals surface area contributed by atoms with Crippen molar-refractivity contribution >= 4 is 47.8 Å². The molecule has 16 nitrogen and oxygen atoms in total. The van der Waals surface area contributed by atoms with E-state index >= 15 is 0 Å². The molecular formula is C37H43N4O12P. The minimum absolute atomic E-state index is 0.0380. The van der Waals surface area contributed by atoms with Gasteiger partial charge in [-0.05, 0) is 61.2 Å². The number of amides is 3. The number of anilines is 1. The highest BCUT2D eigenvalue weighted by atomic mass is 31.2. The van der Waals surface area contributed by atoms with E-state index in [1.54, 1.807) is 30.3 Å². The number of nitrogens with two attached hydrogens (primary N) is 1. The Morgan fingerprint density at radius 2 is 1.46 bits per heavy atom. The lowest BCUT2D eigenvalue weighted by Gasteiger charge is -2.27. The Balaban J connectivity index is 1.53. The number of fused-ring (bicyclic) bond motifs is 1. The largest absolute Gasteiger partial charge is 0.508 e. The fourth-order valence-corrected chi connectivity index (χ4v) is 6.47. The number of carbonyl (C=O) groups is 4. The Labute approximate surface area is 309 Å². The number of hydrogen-bond donors (Lipinski definition) is 9. The van der Waals surface area contributed by atoms with E-state index in [2.05, 4.69) is 16.0 Å². The van der Waals surface area contributed by atoms with Crippen molar-refractivity contribution in [2.45, 2.75) is 69.6 Å². The van der Waals surface area contributed by atoms with Crippen LogP contribution in [0, 0.1) is 5.92 Å². The second-order valence-corrected chi connectivity index (χ2v) is 14.7. The fourth-order valence-electron chi connectivity index (χ4n) is 5.76. The first-order valence-corrected chi connectivity index (χ1v) is 18.7. The standard InChI is InChI=1S/C37H43N4O12P/c1-20(42)28(18-31(45)34(21(2)43)41-36(48)29(38)14-22-6-4-3-5-7-22)35(47)40-30(15-23-8-11-26(44)12-9-23)37(49)39-25-10-13-27-24(19-54(50,51)52)16-33(46)53-32(27)17-25/h3-13,16-17,20-21,28-30,34,42-44H,14-15,18-19,38H2,1-2H3,(H,39,49)(H,40,47)(H,41,48)(H2,50,51,52)/t20?,21?,28-,29-,30-,34-/m0/s1. The number of aliphatic hydroxyl groups excluding tert-OH is 2. The third kappa shape index (κ3) is 11.9. The van der Waals surface area contributed by atoms with Gasteiger partial charge in [-0.25, -0.2) is 4.79 Å². The molecule has 17 heteroatoms. The molecule has 54 heavy (non-hydrogen) atoms. The van der Waals surface area contributed by atoms with E-state index in [1.807, 2.05) is 0 Å². The molecule has 1 heterocycles. The Hall–Kier alpha value is -5.22. The van der Waals surface area contributed by atoms with Crippen LogP contribution < -0.4 is 27.3 Å². The maximum atomic E-state index is 13.7. The molecule has 10 N–H and O–H groups in total. The summed E-state index contributed by atoms with van der Waals surface area (Å²) in [5.74, 6) is -4.66. The summed E-state index contributed by atoms with van der Waals surface area (Å²) >= 11 is 0. The Morgan fingerprint density at radius 3 is 2.07 bits per heavy atom. The first-order valence-electron chi connectivity index (χ1n) is 16.9. The van der Waals surface area contributed by atoms with Gasteiger partial charge in [0.2, 0.25) is 17.7 Å². The molecule has 0 aliphatic rings. The Morgan fingerprint density at radius 1 is 0.815 bits per heavy atom. The second kappa shape index (κ2) is 18.2. The van der Waals surface area contributed by atoms with Crippen LogP contribution in [-0.2, 0) is 42.7 Å². The number of ketones is 1. The predicted octanol–water partition coefficient (Wildman–Crippen LogP) is 1.23. The minimum Gasteiger partial charge on any atom is -0.508 e. The van der Waals surface area contributed by atoms with Crippen LogP contribution in [-0.4, -0.2) is 78.9 Å². The molecule has 0 saturated carbocycles. The quantitative estimate of drug-likeness (QED) is 0.0541. The summed E-state index contributed by atoms with van der Waals surface area (Å²) in [5, 5.41) is 38.6. The molecule has 3 aromatic carbocycles. The van der Waals surface area contributed by atoms with Gasteiger partial charge >= 0.3 is 13.2 Å². The van der Waals surface area contributed by atoms with Gasteiger partial charge in [0.1, 0.15) is 23.4 Å². The van der Waals surface area contributed by atoms with Crippen molar-refractivity contribution in [2.75, 3.05) is 5.32 Å². The minimum atomic E-state index is -4.55. The van der Waals surface area contributed by atoms with Crippen molar-refractivity contribution in [3.05, 3.63) is 106 Å². The van der Waals surface area contributed by atoms with Crippen molar-refractivity contribution < 1.29 is 53.3 Å². The summed E-state index contributed by atoms with van der Waals surface area (Å²) in [6, 6.07) is 15.9. The van der Waals surface area contributed by atoms with Crippen LogP contribution in [0.5, 0.6) is 5.75 Å². The maximum absolute atomic E-state index is 13.7. The molecule has 0 aliphatic heterocycles. The first-order chi connectivity index (χ1) is 25.4. The molecule has 0 radical (unpaired) electrons. The van der Waals surface area contributed by atoms with E-state index in [4.69, 9.17) is 10.2 Å². The third-order valence-electron chi connectivity index (χ3n) is 8.59. The van der Waals surface area contributed by atoms with E-state index in [0.717, 1.165) is 11.6 Å². The molecular weight excluding hydrogens is 723 g/mol. The van der Waals surface area contributed by atoms with Gasteiger partial charge in [0, 0.05) is 36.0 Å². The highest BCUT2D eigenvalue weighted by molar-refractivity contribution is 7.50. The molecule has 4 rings (SSSR count). The molecule has 6 atom stereocenters. The number of nitrogens with one attached hydrogen (secondary N) is 3. The van der Waals surface area contributed by atoms with Crippen LogP contribution in [0.1, 0.15) is 37.0 Å². The van der Waals surface area contributed by atoms with Crippen LogP contribution in [0.25, 0.3) is 11.0 Å². The highest BCUT2D eigenvalue weighted by Crippen LogP contribution is 2.40. The van der Waals surface area contributed by atoms with Gasteiger partial charge in [-0.3, -0.25) is 23.7 Å². The van der Waals surface area contributed by atoms with Gasteiger partial charge in [0.25, 0.3) is 0 Å². The number of hydrogen-bond acceptors (Lipinski definition) is 11. The summed E-state index contributed by atoms with van der Waals surface area (Å²) in [4.78, 5) is 84.8. The van der Waals surface area contributed by atoms with Gasteiger partial charge in [-0.15, -0.1) is 0 Å². The lowest BCUT2D eigenvalue weighted by atomic mass is 9.91. The van der Waals surface area contributed by atoms with Crippen LogP contribution in [0.3, 0.4) is 0 Å². The molecule has 0 aliphatic carbocycles. The maximum Gasteiger partial charge on any atom is 0.336 e. The summed E-state index contributed by atoms with van der Waals surface area (Å²) in [7, 11) is -4.55. The molecule has 4 aromatic rings. The van der Waals surface area contributed by atoms with E-state index < -0.39 is 85.6 Å². The average molecular weight is 767 g/mol. The highest BCUT2D eigenvalue weighted by Gasteiger charge is 2.35. The zero-order valence-electron chi connectivity index (χ0n) is 29.4. The number of phenols is 1. The lowest BCUT2D eigenvalue weighted by Crippen LogP contribution is -2.54. The van der Waals surface area contributed by atoms with E-state index in [0.29, 0.717) is 5.56 Å². The average Bonchev–Trinajstić information content (AvgIpc) is 3.09. The molecule has 0 spiro atoms. The third-order valence-corrected chi connectivity index (χ3v) is 9.34. The molecule has 0 bridgehead atoms. The zero-order chi connectivity index (χ0) is 39.7. The van der Waals surface area contributed by atoms with Crippen molar-refractivity contribution in [1.82, 2.24) is 10.6 Å². The van der Waals surface area contributed by atoms with Gasteiger partial charge in [-0.2, -0.15) is 0 Å². The monoisotopic (exact) mass is 766 g/mol. The van der Waals surface area contributed by atoms with Crippen molar-refractivity contribution in [1.29, 1.82) is 0 Å². The lowest BCUT2D eigenvalue weighted by molar-refractivity contribution is -0.137. The smallest absolute Gasteiger partial charge is 0.336 e. The topological polar surface area (TPSA) is 279 Å². The van der Waals surface area contributed by atoms with Crippen LogP contribution in [0.2, 0.25) is 0 Å². The summed E-state index contributed by atoms with van der Waals surface area (Å²) in [6.07, 6.45) is -4.15. The number of aliphatic hydroxyl groups is 2. The Bertz CT molecular complexity index is 2070. The molecule has 0 saturated heterocycles. The fraction of sp³-hybridized carbons (Fsp3) is 0.324.